The van der Waals surface area contributed by atoms with Crippen LogP contribution in [0.25, 0.3) is 0 Å². The highest BCUT2D eigenvalue weighted by Crippen LogP contribution is 2.48. The second kappa shape index (κ2) is 6.10. The minimum atomic E-state index is -0.632. The molecular formula is C18H15N5OS. The van der Waals surface area contributed by atoms with Gasteiger partial charge in [-0.15, -0.1) is 11.3 Å². The van der Waals surface area contributed by atoms with Crippen molar-refractivity contribution in [2.24, 2.45) is 10.7 Å². The Morgan fingerprint density at radius 2 is 1.96 bits per heavy atom. The van der Waals surface area contributed by atoms with Crippen molar-refractivity contribution >= 4 is 28.9 Å². The van der Waals surface area contributed by atoms with Gasteiger partial charge in [-0.3, -0.25) is 10.3 Å². The highest BCUT2D eigenvalue weighted by atomic mass is 32.1. The Morgan fingerprint density at radius 1 is 1.12 bits per heavy atom. The third kappa shape index (κ3) is 2.58. The number of carbonyl (C=O) groups excluding carboxylic acids is 1. The zero-order chi connectivity index (χ0) is 17.3. The topological polar surface area (TPSA) is 93.3 Å². The number of aliphatic imine (C=N–C) groups is 1. The van der Waals surface area contributed by atoms with Crippen molar-refractivity contribution in [3.05, 3.63) is 76.5 Å². The number of hydrogen-bond acceptors (Lipinski definition) is 5. The first kappa shape index (κ1) is 15.5. The van der Waals surface area contributed by atoms with Crippen molar-refractivity contribution in [3.63, 3.8) is 0 Å². The van der Waals surface area contributed by atoms with Gasteiger partial charge in [-0.1, -0.05) is 24.3 Å². The van der Waals surface area contributed by atoms with E-state index in [-0.39, 0.29) is 0 Å². The number of pyridine rings is 1. The number of nitrogens with one attached hydrogen (secondary N) is 1. The molecule has 0 saturated heterocycles. The largest absolute Gasteiger partial charge is 0.351 e. The minimum absolute atomic E-state index is 0.428. The van der Waals surface area contributed by atoms with Gasteiger partial charge in [0, 0.05) is 24.2 Å². The lowest BCUT2D eigenvalue weighted by Crippen LogP contribution is -2.43. The maximum absolute atomic E-state index is 11.4. The Labute approximate surface area is 148 Å². The van der Waals surface area contributed by atoms with Crippen LogP contribution in [0.5, 0.6) is 0 Å². The number of hydrogen-bond donors (Lipinski definition) is 2. The molecule has 0 aliphatic carbocycles. The molecule has 6 nitrogen and oxygen atoms in total. The second-order valence-electron chi connectivity index (χ2n) is 5.70. The molecule has 2 aromatic heterocycles. The van der Waals surface area contributed by atoms with E-state index in [9.17, 15) is 4.79 Å². The first-order valence-electron chi connectivity index (χ1n) is 7.75. The molecule has 4 rings (SSSR count). The van der Waals surface area contributed by atoms with E-state index in [0.717, 1.165) is 22.0 Å². The van der Waals surface area contributed by atoms with Gasteiger partial charge in [0.1, 0.15) is 10.8 Å². The molecule has 1 unspecified atom stereocenters. The molecule has 0 bridgehead atoms. The van der Waals surface area contributed by atoms with Gasteiger partial charge in [0.05, 0.1) is 16.8 Å². The lowest BCUT2D eigenvalue weighted by Gasteiger charge is -2.36. The molecule has 1 atom stereocenters. The molecule has 1 aromatic carbocycles. The van der Waals surface area contributed by atoms with Crippen molar-refractivity contribution in [1.82, 2.24) is 15.3 Å². The Bertz CT molecular complexity index is 939. The van der Waals surface area contributed by atoms with E-state index in [0.29, 0.717) is 12.3 Å². The number of amidine groups is 1. The van der Waals surface area contributed by atoms with E-state index in [2.05, 4.69) is 20.3 Å². The smallest absolute Gasteiger partial charge is 0.317 e. The summed E-state index contributed by atoms with van der Waals surface area (Å²) in [4.78, 5) is 25.2. The van der Waals surface area contributed by atoms with Gasteiger partial charge in [-0.2, -0.15) is 0 Å². The third-order valence-electron chi connectivity index (χ3n) is 4.22. The third-order valence-corrected chi connectivity index (χ3v) is 5.15. The monoisotopic (exact) mass is 349 g/mol. The maximum Gasteiger partial charge on any atom is 0.317 e. The first-order valence-corrected chi connectivity index (χ1v) is 8.63. The van der Waals surface area contributed by atoms with Crippen LogP contribution >= 0.6 is 11.3 Å². The van der Waals surface area contributed by atoms with E-state index in [1.54, 1.807) is 23.7 Å². The van der Waals surface area contributed by atoms with Gasteiger partial charge in [0.2, 0.25) is 0 Å². The van der Waals surface area contributed by atoms with E-state index in [4.69, 9.17) is 5.73 Å². The number of nitrogens with zero attached hydrogens (tertiary/aromatic N) is 3. The summed E-state index contributed by atoms with van der Waals surface area (Å²) in [7, 11) is 0. The highest BCUT2D eigenvalue weighted by molar-refractivity contribution is 7.09. The Hall–Kier alpha value is -3.06. The number of urea groups is 1. The Balaban J connectivity index is 2.00. The van der Waals surface area contributed by atoms with Gasteiger partial charge in [-0.25, -0.2) is 14.8 Å². The van der Waals surface area contributed by atoms with Crippen LogP contribution in [0.2, 0.25) is 0 Å². The van der Waals surface area contributed by atoms with Crippen LogP contribution in [-0.2, 0) is 5.41 Å². The van der Waals surface area contributed by atoms with Crippen molar-refractivity contribution < 1.29 is 4.79 Å². The fraction of sp³-hybridized carbons (Fsp3) is 0.111. The number of aromatic nitrogens is 2. The van der Waals surface area contributed by atoms with Crippen molar-refractivity contribution in [1.29, 1.82) is 0 Å². The highest BCUT2D eigenvalue weighted by Gasteiger charge is 2.45. The zero-order valence-electron chi connectivity index (χ0n) is 13.2. The maximum atomic E-state index is 11.4. The summed E-state index contributed by atoms with van der Waals surface area (Å²) >= 11 is 1.56. The molecule has 0 saturated carbocycles. The molecule has 3 aromatic rings. The molecule has 3 heterocycles. The molecule has 0 spiro atoms. The van der Waals surface area contributed by atoms with Gasteiger partial charge >= 0.3 is 6.03 Å². The molecule has 1 aliphatic heterocycles. The average Bonchev–Trinajstić information content (AvgIpc) is 3.16. The summed E-state index contributed by atoms with van der Waals surface area (Å²) in [6.45, 7) is 0. The Morgan fingerprint density at radius 3 is 2.68 bits per heavy atom. The summed E-state index contributed by atoms with van der Waals surface area (Å²) in [6.07, 6.45) is 3.97. The summed E-state index contributed by atoms with van der Waals surface area (Å²) in [5.74, 6) is 0.507. The standard InChI is InChI=1S/C18H15N5OS/c19-17(24)23-15-11-18(16-21-9-10-25-16,14-7-3-4-8-20-14)12-5-1-2-6-13(12)22-15/h1-10H,11H2,(H3,19,22,23,24). The van der Waals surface area contributed by atoms with Crippen LogP contribution < -0.4 is 11.1 Å². The number of nitrogens with two attached hydrogens (primary N) is 1. The number of primary amides is 1. The first-order chi connectivity index (χ1) is 12.2. The summed E-state index contributed by atoms with van der Waals surface area (Å²) in [6, 6.07) is 13.0. The molecule has 0 fully saturated rings. The summed E-state index contributed by atoms with van der Waals surface area (Å²) < 4.78 is 0. The lowest BCUT2D eigenvalue weighted by molar-refractivity contribution is 0.253. The molecule has 25 heavy (non-hydrogen) atoms. The molecule has 2 amide bonds. The van der Waals surface area contributed by atoms with Crippen LogP contribution in [0.4, 0.5) is 10.5 Å². The molecule has 3 N–H and O–H groups in total. The van der Waals surface area contributed by atoms with Gasteiger partial charge in [-0.05, 0) is 23.8 Å². The fourth-order valence-corrected chi connectivity index (χ4v) is 4.12. The van der Waals surface area contributed by atoms with Crippen LogP contribution in [0.1, 0.15) is 22.7 Å². The van der Waals surface area contributed by atoms with Crippen LogP contribution in [0.3, 0.4) is 0 Å². The number of amides is 2. The summed E-state index contributed by atoms with van der Waals surface area (Å²) in [5, 5.41) is 5.49. The number of carbonyl (C=O) groups is 1. The van der Waals surface area contributed by atoms with E-state index >= 15 is 0 Å². The fourth-order valence-electron chi connectivity index (χ4n) is 3.26. The normalized spacial score (nSPS) is 19.0. The number of benzene rings is 1. The predicted molar refractivity (Wildman–Crippen MR) is 97.1 cm³/mol. The molecule has 1 aliphatic rings. The van der Waals surface area contributed by atoms with Gasteiger partial charge < -0.3 is 5.73 Å². The van der Waals surface area contributed by atoms with Gasteiger partial charge in [0.25, 0.3) is 0 Å². The molecule has 7 heteroatoms. The average molecular weight is 349 g/mol. The van der Waals surface area contributed by atoms with Crippen LogP contribution in [-0.4, -0.2) is 21.8 Å². The number of para-hydroxylation sites is 1. The SMILES string of the molecule is NC(=O)NC1=Nc2ccccc2C(c2ccccn2)(c2nccs2)C1. The van der Waals surface area contributed by atoms with Crippen molar-refractivity contribution in [2.75, 3.05) is 0 Å². The minimum Gasteiger partial charge on any atom is -0.351 e. The van der Waals surface area contributed by atoms with Crippen molar-refractivity contribution in [2.45, 2.75) is 11.8 Å². The Kier molecular flexibility index (Phi) is 3.77. The molecule has 0 radical (unpaired) electrons. The predicted octanol–water partition coefficient (Wildman–Crippen LogP) is 2.97. The number of fused-ring (bicyclic) bond motifs is 1. The van der Waals surface area contributed by atoms with E-state index in [1.807, 2.05) is 47.8 Å². The van der Waals surface area contributed by atoms with Gasteiger partial charge in [0.15, 0.2) is 0 Å². The van der Waals surface area contributed by atoms with E-state index in [1.165, 1.54) is 0 Å². The quantitative estimate of drug-likeness (QED) is 0.745. The zero-order valence-corrected chi connectivity index (χ0v) is 14.0. The number of thiazole rings is 1. The van der Waals surface area contributed by atoms with Crippen LogP contribution in [0, 0.1) is 0 Å². The summed E-state index contributed by atoms with van der Waals surface area (Å²) in [5.41, 5.74) is 7.36. The van der Waals surface area contributed by atoms with E-state index < -0.39 is 11.4 Å². The van der Waals surface area contributed by atoms with Crippen molar-refractivity contribution in [3.8, 4) is 0 Å². The lowest BCUT2D eigenvalue weighted by atomic mass is 9.72. The second-order valence-corrected chi connectivity index (χ2v) is 6.59. The number of rotatable bonds is 2. The molecule has 124 valence electrons. The molecular weight excluding hydrogens is 334 g/mol. The van der Waals surface area contributed by atoms with Crippen LogP contribution in [0.15, 0.2) is 65.2 Å².